The van der Waals surface area contributed by atoms with Gasteiger partial charge in [0, 0.05) is 33.2 Å². The van der Waals surface area contributed by atoms with Crippen molar-refractivity contribution in [2.75, 3.05) is 6.61 Å². The lowest BCUT2D eigenvalue weighted by molar-refractivity contribution is 0.0973. The number of phenolic OH excluding ortho intramolecular Hbond substituents is 1. The summed E-state index contributed by atoms with van der Waals surface area (Å²) in [6.45, 7) is 7.10. The van der Waals surface area contributed by atoms with Gasteiger partial charge in [0.1, 0.15) is 18.1 Å². The second kappa shape index (κ2) is 6.98. The Kier molecular flexibility index (Phi) is 4.90. The SMILES string of the molecule is C=C(Cl)COc1cc(CC(=C)Cl)c(O)c2c1C(=O)c1ccccc1C2=O. The summed E-state index contributed by atoms with van der Waals surface area (Å²) in [6.07, 6.45) is 0.113. The Morgan fingerprint density at radius 1 is 1.00 bits per heavy atom. The van der Waals surface area contributed by atoms with Gasteiger partial charge >= 0.3 is 0 Å². The molecule has 0 fully saturated rings. The zero-order valence-electron chi connectivity index (χ0n) is 13.6. The first-order chi connectivity index (χ1) is 12.3. The molecule has 2 aromatic rings. The van der Waals surface area contributed by atoms with Crippen LogP contribution < -0.4 is 4.74 Å². The molecule has 0 heterocycles. The molecule has 1 aliphatic carbocycles. The van der Waals surface area contributed by atoms with E-state index >= 15 is 0 Å². The maximum atomic E-state index is 13.0. The molecule has 0 radical (unpaired) electrons. The van der Waals surface area contributed by atoms with Gasteiger partial charge in [0.25, 0.3) is 0 Å². The smallest absolute Gasteiger partial charge is 0.198 e. The Labute approximate surface area is 160 Å². The number of hydrogen-bond acceptors (Lipinski definition) is 4. The second-order valence-electron chi connectivity index (χ2n) is 5.84. The van der Waals surface area contributed by atoms with E-state index in [1.54, 1.807) is 24.3 Å². The Bertz CT molecular complexity index is 976. The molecule has 26 heavy (non-hydrogen) atoms. The van der Waals surface area contributed by atoms with Crippen molar-refractivity contribution in [3.05, 3.63) is 81.4 Å². The van der Waals surface area contributed by atoms with Crippen molar-refractivity contribution >= 4 is 34.8 Å². The maximum Gasteiger partial charge on any atom is 0.198 e. The monoisotopic (exact) mass is 388 g/mol. The highest BCUT2D eigenvalue weighted by molar-refractivity contribution is 6.31. The van der Waals surface area contributed by atoms with Gasteiger partial charge < -0.3 is 9.84 Å². The van der Waals surface area contributed by atoms with Crippen LogP contribution in [-0.4, -0.2) is 23.3 Å². The van der Waals surface area contributed by atoms with Gasteiger partial charge in [-0.3, -0.25) is 9.59 Å². The Balaban J connectivity index is 2.26. The molecule has 3 rings (SSSR count). The number of carbonyl (C=O) groups is 2. The lowest BCUT2D eigenvalue weighted by Gasteiger charge is -2.23. The average Bonchev–Trinajstić information content (AvgIpc) is 2.59. The van der Waals surface area contributed by atoms with Crippen molar-refractivity contribution in [1.29, 1.82) is 0 Å². The number of phenols is 1. The Hall–Kier alpha value is -2.56. The highest BCUT2D eigenvalue weighted by atomic mass is 35.5. The lowest BCUT2D eigenvalue weighted by atomic mass is 9.81. The van der Waals surface area contributed by atoms with E-state index in [1.165, 1.54) is 6.07 Å². The first-order valence-electron chi connectivity index (χ1n) is 7.68. The maximum absolute atomic E-state index is 13.0. The van der Waals surface area contributed by atoms with Crippen LogP contribution in [0.25, 0.3) is 0 Å². The molecule has 0 aromatic heterocycles. The number of halogens is 2. The third kappa shape index (κ3) is 3.14. The molecule has 0 atom stereocenters. The van der Waals surface area contributed by atoms with E-state index < -0.39 is 11.6 Å². The minimum absolute atomic E-state index is 0.00745. The molecule has 4 nitrogen and oxygen atoms in total. The number of aromatic hydroxyl groups is 1. The number of hydrogen-bond donors (Lipinski definition) is 1. The zero-order chi connectivity index (χ0) is 19.0. The van der Waals surface area contributed by atoms with E-state index in [9.17, 15) is 14.7 Å². The number of allylic oxidation sites excluding steroid dienone is 1. The number of rotatable bonds is 5. The van der Waals surface area contributed by atoms with Crippen LogP contribution in [0.4, 0.5) is 0 Å². The molecule has 1 aliphatic rings. The normalized spacial score (nSPS) is 12.4. The van der Waals surface area contributed by atoms with Crippen LogP contribution >= 0.6 is 23.2 Å². The molecule has 0 amide bonds. The van der Waals surface area contributed by atoms with E-state index in [0.717, 1.165) is 0 Å². The van der Waals surface area contributed by atoms with E-state index in [0.29, 0.717) is 5.56 Å². The van der Waals surface area contributed by atoms with Gasteiger partial charge in [-0.05, 0) is 6.07 Å². The van der Waals surface area contributed by atoms with Crippen LogP contribution in [0.5, 0.6) is 11.5 Å². The van der Waals surface area contributed by atoms with Crippen molar-refractivity contribution in [3.8, 4) is 11.5 Å². The predicted molar refractivity (Wildman–Crippen MR) is 101 cm³/mol. The van der Waals surface area contributed by atoms with Gasteiger partial charge in [-0.2, -0.15) is 0 Å². The van der Waals surface area contributed by atoms with Crippen LogP contribution in [0.1, 0.15) is 37.4 Å². The third-order valence-electron chi connectivity index (χ3n) is 3.98. The van der Waals surface area contributed by atoms with E-state index in [1.807, 2.05) is 0 Å². The number of ketones is 2. The summed E-state index contributed by atoms with van der Waals surface area (Å²) in [4.78, 5) is 25.9. The zero-order valence-corrected chi connectivity index (χ0v) is 15.2. The Morgan fingerprint density at radius 2 is 1.58 bits per heavy atom. The summed E-state index contributed by atoms with van der Waals surface area (Å²) in [5.74, 6) is -1.02. The quantitative estimate of drug-likeness (QED) is 0.693. The standard InChI is InChI=1S/C20H14Cl2O4/c1-10(21)7-12-8-15(26-9-11(2)22)16-17(18(12)23)20(25)14-6-4-3-5-13(14)19(16)24/h3-6,8,23H,1-2,7,9H2. The van der Waals surface area contributed by atoms with Crippen molar-refractivity contribution in [3.63, 3.8) is 0 Å². The number of ether oxygens (including phenoxy) is 1. The third-order valence-corrected chi connectivity index (χ3v) is 4.22. The molecular formula is C20H14Cl2O4. The molecule has 132 valence electrons. The van der Waals surface area contributed by atoms with E-state index in [2.05, 4.69) is 13.2 Å². The summed E-state index contributed by atoms with van der Waals surface area (Å²) < 4.78 is 5.59. The summed E-state index contributed by atoms with van der Waals surface area (Å²) in [7, 11) is 0. The minimum atomic E-state index is -0.454. The number of carbonyl (C=O) groups excluding carboxylic acids is 2. The van der Waals surface area contributed by atoms with Gasteiger partial charge in [-0.25, -0.2) is 0 Å². The molecule has 2 aromatic carbocycles. The first kappa shape index (κ1) is 18.2. The molecule has 0 unspecified atom stereocenters. The van der Waals surface area contributed by atoms with E-state index in [-0.39, 0.29) is 56.8 Å². The molecular weight excluding hydrogens is 375 g/mol. The lowest BCUT2D eigenvalue weighted by Crippen LogP contribution is -2.23. The number of fused-ring (bicyclic) bond motifs is 2. The highest BCUT2D eigenvalue weighted by Crippen LogP contribution is 2.41. The fraction of sp³-hybridized carbons (Fsp3) is 0.100. The molecule has 0 saturated heterocycles. The van der Waals surface area contributed by atoms with Crippen LogP contribution in [-0.2, 0) is 6.42 Å². The topological polar surface area (TPSA) is 63.6 Å². The summed E-state index contributed by atoms with van der Waals surface area (Å²) in [6, 6.07) is 7.91. The van der Waals surface area contributed by atoms with Crippen molar-refractivity contribution in [2.24, 2.45) is 0 Å². The fourth-order valence-electron chi connectivity index (χ4n) is 2.91. The molecule has 6 heteroatoms. The predicted octanol–water partition coefficient (Wildman–Crippen LogP) is 4.59. The highest BCUT2D eigenvalue weighted by Gasteiger charge is 2.36. The number of benzene rings is 2. The molecule has 1 N–H and O–H groups in total. The van der Waals surface area contributed by atoms with Crippen LogP contribution in [0, 0.1) is 0 Å². The molecule has 0 saturated carbocycles. The van der Waals surface area contributed by atoms with Gasteiger partial charge in [0.2, 0.25) is 0 Å². The van der Waals surface area contributed by atoms with Gasteiger partial charge in [-0.1, -0.05) is 60.6 Å². The van der Waals surface area contributed by atoms with Crippen molar-refractivity contribution < 1.29 is 19.4 Å². The van der Waals surface area contributed by atoms with Crippen molar-refractivity contribution in [1.82, 2.24) is 0 Å². The van der Waals surface area contributed by atoms with Crippen LogP contribution in [0.15, 0.2) is 53.6 Å². The second-order valence-corrected chi connectivity index (χ2v) is 6.91. The molecule has 0 spiro atoms. The Morgan fingerprint density at radius 3 is 2.12 bits per heavy atom. The first-order valence-corrected chi connectivity index (χ1v) is 8.43. The van der Waals surface area contributed by atoms with Gasteiger partial charge in [0.05, 0.1) is 11.1 Å². The summed E-state index contributed by atoms with van der Waals surface area (Å²) in [5.41, 5.74) is 0.732. The molecule has 0 bridgehead atoms. The average molecular weight is 389 g/mol. The van der Waals surface area contributed by atoms with Crippen LogP contribution in [0.2, 0.25) is 0 Å². The fourth-order valence-corrected chi connectivity index (χ4v) is 3.11. The summed E-state index contributed by atoms with van der Waals surface area (Å²) in [5, 5.41) is 11.1. The van der Waals surface area contributed by atoms with Gasteiger partial charge in [-0.15, -0.1) is 0 Å². The minimum Gasteiger partial charge on any atom is -0.507 e. The van der Waals surface area contributed by atoms with Gasteiger partial charge in [0.15, 0.2) is 11.6 Å². The largest absolute Gasteiger partial charge is 0.507 e. The summed E-state index contributed by atoms with van der Waals surface area (Å²) >= 11 is 11.6. The van der Waals surface area contributed by atoms with Crippen molar-refractivity contribution in [2.45, 2.75) is 6.42 Å². The van der Waals surface area contributed by atoms with Crippen LogP contribution in [0.3, 0.4) is 0 Å². The van der Waals surface area contributed by atoms with E-state index in [4.69, 9.17) is 27.9 Å². The molecule has 0 aliphatic heterocycles.